The van der Waals surface area contributed by atoms with Crippen molar-refractivity contribution in [3.63, 3.8) is 0 Å². The van der Waals surface area contributed by atoms with Crippen LogP contribution < -0.4 is 5.32 Å². The van der Waals surface area contributed by atoms with Crippen molar-refractivity contribution in [2.24, 2.45) is 0 Å². The Labute approximate surface area is 148 Å². The highest BCUT2D eigenvalue weighted by atomic mass is 16.5. The molecule has 1 aromatic carbocycles. The molecule has 5 heteroatoms. The monoisotopic (exact) mass is 339 g/mol. The normalized spacial score (nSPS) is 19.2. The van der Waals surface area contributed by atoms with E-state index >= 15 is 0 Å². The molecule has 2 saturated carbocycles. The van der Waals surface area contributed by atoms with E-state index in [9.17, 15) is 4.79 Å². The van der Waals surface area contributed by atoms with Crippen LogP contribution >= 0.6 is 0 Å². The smallest absolute Gasteiger partial charge is 0.251 e. The van der Waals surface area contributed by atoms with Crippen LogP contribution in [0.25, 0.3) is 11.4 Å². The topological polar surface area (TPSA) is 68.0 Å². The van der Waals surface area contributed by atoms with Gasteiger partial charge in [0.2, 0.25) is 11.7 Å². The van der Waals surface area contributed by atoms with Gasteiger partial charge < -0.3 is 9.84 Å². The molecule has 132 valence electrons. The van der Waals surface area contributed by atoms with Gasteiger partial charge >= 0.3 is 0 Å². The second-order valence-electron chi connectivity index (χ2n) is 7.33. The molecule has 0 radical (unpaired) electrons. The number of hydrogen-bond acceptors (Lipinski definition) is 4. The van der Waals surface area contributed by atoms with E-state index in [4.69, 9.17) is 4.52 Å². The number of carbonyl (C=O) groups excluding carboxylic acids is 1. The number of nitrogens with one attached hydrogen (secondary N) is 1. The molecule has 1 amide bonds. The number of aromatic nitrogens is 2. The van der Waals surface area contributed by atoms with Gasteiger partial charge in [-0.1, -0.05) is 49.4 Å². The first-order valence-corrected chi connectivity index (χ1v) is 9.54. The molecule has 4 rings (SSSR count). The summed E-state index contributed by atoms with van der Waals surface area (Å²) in [5, 5.41) is 7.29. The summed E-state index contributed by atoms with van der Waals surface area (Å²) < 4.78 is 5.40. The van der Waals surface area contributed by atoms with Crippen molar-refractivity contribution in [2.75, 3.05) is 0 Å². The van der Waals surface area contributed by atoms with Crippen molar-refractivity contribution < 1.29 is 9.32 Å². The maximum Gasteiger partial charge on any atom is 0.251 e. The Bertz CT molecular complexity index is 728. The molecule has 0 saturated heterocycles. The minimum Gasteiger partial charge on any atom is -0.349 e. The Kier molecular flexibility index (Phi) is 4.81. The van der Waals surface area contributed by atoms with Crippen LogP contribution in [0.2, 0.25) is 0 Å². The third-order valence-corrected chi connectivity index (χ3v) is 5.47. The van der Waals surface area contributed by atoms with E-state index in [2.05, 4.69) is 15.5 Å². The lowest BCUT2D eigenvalue weighted by atomic mass is 9.85. The van der Waals surface area contributed by atoms with Gasteiger partial charge in [-0.2, -0.15) is 4.98 Å². The van der Waals surface area contributed by atoms with Crippen LogP contribution in [0.15, 0.2) is 28.8 Å². The second-order valence-corrected chi connectivity index (χ2v) is 7.33. The first-order chi connectivity index (χ1) is 12.3. The first-order valence-electron chi connectivity index (χ1n) is 9.54. The van der Waals surface area contributed by atoms with Crippen LogP contribution in [0, 0.1) is 0 Å². The number of nitrogens with zero attached hydrogens (tertiary/aromatic N) is 2. The molecule has 0 atom stereocenters. The van der Waals surface area contributed by atoms with Gasteiger partial charge in [-0.05, 0) is 37.8 Å². The minimum atomic E-state index is -0.00328. The number of benzene rings is 1. The fraction of sp³-hybridized carbons (Fsp3) is 0.550. The van der Waals surface area contributed by atoms with E-state index in [1.54, 1.807) is 0 Å². The number of amides is 1. The molecule has 1 N–H and O–H groups in total. The highest BCUT2D eigenvalue weighted by Crippen LogP contribution is 2.36. The van der Waals surface area contributed by atoms with E-state index in [1.807, 2.05) is 24.3 Å². The third-order valence-electron chi connectivity index (χ3n) is 5.47. The fourth-order valence-corrected chi connectivity index (χ4v) is 3.67. The predicted molar refractivity (Wildman–Crippen MR) is 95.3 cm³/mol. The maximum absolute atomic E-state index is 12.6. The van der Waals surface area contributed by atoms with Crippen LogP contribution in [-0.2, 0) is 0 Å². The molecule has 0 bridgehead atoms. The zero-order chi connectivity index (χ0) is 17.1. The van der Waals surface area contributed by atoms with Gasteiger partial charge in [0.25, 0.3) is 5.91 Å². The molecule has 1 aromatic heterocycles. The van der Waals surface area contributed by atoms with Crippen molar-refractivity contribution in [1.29, 1.82) is 0 Å². The minimum absolute atomic E-state index is 0.00328. The second kappa shape index (κ2) is 7.38. The lowest BCUT2D eigenvalue weighted by molar-refractivity contribution is 0.0933. The Morgan fingerprint density at radius 1 is 1.04 bits per heavy atom. The van der Waals surface area contributed by atoms with Gasteiger partial charge in [-0.3, -0.25) is 4.79 Å². The Morgan fingerprint density at radius 2 is 1.84 bits per heavy atom. The maximum atomic E-state index is 12.6. The Morgan fingerprint density at radius 3 is 2.56 bits per heavy atom. The SMILES string of the molecule is O=C(NC1CCCCCC1)c1cccc(-c2noc(C3CCC3)n2)c1. The third kappa shape index (κ3) is 3.75. The Hall–Kier alpha value is -2.17. The van der Waals surface area contributed by atoms with E-state index < -0.39 is 0 Å². The van der Waals surface area contributed by atoms with Crippen molar-refractivity contribution in [2.45, 2.75) is 69.7 Å². The van der Waals surface area contributed by atoms with Gasteiger partial charge in [0.05, 0.1) is 0 Å². The van der Waals surface area contributed by atoms with Gasteiger partial charge in [0.15, 0.2) is 0 Å². The molecule has 2 aliphatic carbocycles. The molecular weight excluding hydrogens is 314 g/mol. The standard InChI is InChI=1S/C20H25N3O2/c24-19(21-17-11-3-1-2-4-12-17)16-10-6-9-15(13-16)18-22-20(25-23-18)14-7-5-8-14/h6,9-10,13-14,17H,1-5,7-8,11-12H2,(H,21,24). The largest absolute Gasteiger partial charge is 0.349 e. The van der Waals surface area contributed by atoms with Crippen LogP contribution in [0.3, 0.4) is 0 Å². The molecule has 25 heavy (non-hydrogen) atoms. The molecule has 2 aliphatic rings. The highest BCUT2D eigenvalue weighted by Gasteiger charge is 2.25. The van der Waals surface area contributed by atoms with Crippen molar-refractivity contribution >= 4 is 5.91 Å². The molecular formula is C20H25N3O2. The van der Waals surface area contributed by atoms with Gasteiger partial charge in [-0.15, -0.1) is 0 Å². The summed E-state index contributed by atoms with van der Waals surface area (Å²) in [6, 6.07) is 7.83. The van der Waals surface area contributed by atoms with Crippen LogP contribution in [0.5, 0.6) is 0 Å². The summed E-state index contributed by atoms with van der Waals surface area (Å²) in [6.45, 7) is 0. The lowest BCUT2D eigenvalue weighted by Crippen LogP contribution is -2.34. The number of hydrogen-bond donors (Lipinski definition) is 1. The van der Waals surface area contributed by atoms with Gasteiger partial charge in [-0.25, -0.2) is 0 Å². The van der Waals surface area contributed by atoms with E-state index in [1.165, 1.54) is 32.1 Å². The molecule has 2 aromatic rings. The van der Waals surface area contributed by atoms with Gasteiger partial charge in [0, 0.05) is 23.1 Å². The van der Waals surface area contributed by atoms with Crippen molar-refractivity contribution in [1.82, 2.24) is 15.5 Å². The van der Waals surface area contributed by atoms with Crippen molar-refractivity contribution in [3.05, 3.63) is 35.7 Å². The average Bonchev–Trinajstić information content (AvgIpc) is 2.91. The fourth-order valence-electron chi connectivity index (χ4n) is 3.67. The molecule has 0 spiro atoms. The summed E-state index contributed by atoms with van der Waals surface area (Å²) in [7, 11) is 0. The predicted octanol–water partition coefficient (Wildman–Crippen LogP) is 4.46. The van der Waals surface area contributed by atoms with Gasteiger partial charge in [0.1, 0.15) is 0 Å². The zero-order valence-electron chi connectivity index (χ0n) is 14.5. The zero-order valence-corrected chi connectivity index (χ0v) is 14.5. The van der Waals surface area contributed by atoms with E-state index in [-0.39, 0.29) is 5.91 Å². The molecule has 1 heterocycles. The molecule has 0 unspecified atom stereocenters. The molecule has 2 fully saturated rings. The van der Waals surface area contributed by atoms with Crippen LogP contribution in [0.4, 0.5) is 0 Å². The summed E-state index contributed by atoms with van der Waals surface area (Å²) >= 11 is 0. The summed E-state index contributed by atoms with van der Waals surface area (Å²) in [5.74, 6) is 1.72. The van der Waals surface area contributed by atoms with Crippen molar-refractivity contribution in [3.8, 4) is 11.4 Å². The Balaban J connectivity index is 1.46. The van der Waals surface area contributed by atoms with E-state index in [0.717, 1.165) is 37.1 Å². The summed E-state index contributed by atoms with van der Waals surface area (Å²) in [6.07, 6.45) is 10.6. The number of rotatable bonds is 4. The number of carbonyl (C=O) groups is 1. The van der Waals surface area contributed by atoms with E-state index in [0.29, 0.717) is 23.3 Å². The average molecular weight is 339 g/mol. The first kappa shape index (κ1) is 16.3. The van der Waals surface area contributed by atoms with Crippen LogP contribution in [-0.4, -0.2) is 22.1 Å². The quantitative estimate of drug-likeness (QED) is 0.835. The van der Waals surface area contributed by atoms with Crippen LogP contribution in [0.1, 0.15) is 80.0 Å². The summed E-state index contributed by atoms with van der Waals surface area (Å²) in [4.78, 5) is 17.1. The molecule has 5 nitrogen and oxygen atoms in total. The lowest BCUT2D eigenvalue weighted by Gasteiger charge is -2.20. The summed E-state index contributed by atoms with van der Waals surface area (Å²) in [5.41, 5.74) is 1.50. The highest BCUT2D eigenvalue weighted by molar-refractivity contribution is 5.95. The molecule has 0 aliphatic heterocycles.